The first-order valence-corrected chi connectivity index (χ1v) is 9.93. The van der Waals surface area contributed by atoms with Crippen molar-refractivity contribution >= 4 is 41.2 Å². The molecule has 2 heterocycles. The molecule has 150 valence electrons. The Bertz CT molecular complexity index is 775. The van der Waals surface area contributed by atoms with E-state index in [2.05, 4.69) is 5.32 Å². The molecule has 1 aromatic carbocycles. The third-order valence-electron chi connectivity index (χ3n) is 4.80. The first-order valence-electron chi connectivity index (χ1n) is 9.05. The number of rotatable bonds is 5. The molecule has 1 atom stereocenters. The fourth-order valence-corrected chi connectivity index (χ4v) is 4.30. The summed E-state index contributed by atoms with van der Waals surface area (Å²) in [5, 5.41) is 2.18. The maximum atomic E-state index is 12.2. The zero-order valence-corrected chi connectivity index (χ0v) is 16.3. The summed E-state index contributed by atoms with van der Waals surface area (Å²) in [5.74, 6) is -1.60. The normalized spacial score (nSPS) is 19.4. The number of nitrogens with one attached hydrogen (secondary N) is 1. The van der Waals surface area contributed by atoms with Gasteiger partial charge in [0.2, 0.25) is 5.91 Å². The SMILES string of the molecule is COC(=O)C1CCN(C(=O)COC(=O)C[C@H]2Sc3ccccc3NC2=O)CC1. The molecule has 1 fully saturated rings. The van der Waals surface area contributed by atoms with Crippen molar-refractivity contribution in [3.8, 4) is 0 Å². The topological polar surface area (TPSA) is 102 Å². The average molecular weight is 406 g/mol. The van der Waals surface area contributed by atoms with Gasteiger partial charge < -0.3 is 19.7 Å². The number of thioether (sulfide) groups is 1. The van der Waals surface area contributed by atoms with Crippen LogP contribution in [-0.4, -0.2) is 60.7 Å². The predicted molar refractivity (Wildman–Crippen MR) is 102 cm³/mol. The van der Waals surface area contributed by atoms with Crippen LogP contribution in [0.2, 0.25) is 0 Å². The summed E-state index contributed by atoms with van der Waals surface area (Å²) in [4.78, 5) is 50.4. The average Bonchev–Trinajstić information content (AvgIpc) is 2.72. The molecular formula is C19H22N2O6S. The van der Waals surface area contributed by atoms with Crippen LogP contribution in [-0.2, 0) is 28.7 Å². The first-order chi connectivity index (χ1) is 13.5. The minimum atomic E-state index is -0.593. The summed E-state index contributed by atoms with van der Waals surface area (Å²) < 4.78 is 9.80. The number of piperidine rings is 1. The second-order valence-corrected chi connectivity index (χ2v) is 7.88. The lowest BCUT2D eigenvalue weighted by molar-refractivity contribution is -0.154. The highest BCUT2D eigenvalue weighted by molar-refractivity contribution is 8.01. The molecule has 2 aliphatic heterocycles. The third kappa shape index (κ3) is 4.83. The molecule has 0 saturated carbocycles. The smallest absolute Gasteiger partial charge is 0.308 e. The van der Waals surface area contributed by atoms with Gasteiger partial charge in [0.05, 0.1) is 30.4 Å². The van der Waals surface area contributed by atoms with E-state index < -0.39 is 11.2 Å². The lowest BCUT2D eigenvalue weighted by Gasteiger charge is -2.30. The van der Waals surface area contributed by atoms with Crippen LogP contribution in [0.15, 0.2) is 29.2 Å². The van der Waals surface area contributed by atoms with Crippen molar-refractivity contribution in [1.29, 1.82) is 0 Å². The zero-order chi connectivity index (χ0) is 20.1. The number of benzene rings is 1. The summed E-state index contributed by atoms with van der Waals surface area (Å²) in [6.07, 6.45) is 0.956. The van der Waals surface area contributed by atoms with Crippen molar-refractivity contribution in [3.63, 3.8) is 0 Å². The van der Waals surface area contributed by atoms with E-state index >= 15 is 0 Å². The van der Waals surface area contributed by atoms with E-state index in [-0.39, 0.29) is 36.7 Å². The van der Waals surface area contributed by atoms with Gasteiger partial charge in [-0.25, -0.2) is 0 Å². The van der Waals surface area contributed by atoms with E-state index in [1.165, 1.54) is 18.9 Å². The molecule has 9 heteroatoms. The Morgan fingerprint density at radius 3 is 2.64 bits per heavy atom. The van der Waals surface area contributed by atoms with Crippen LogP contribution in [0.1, 0.15) is 19.3 Å². The van der Waals surface area contributed by atoms with E-state index in [4.69, 9.17) is 9.47 Å². The number of methoxy groups -OCH3 is 1. The molecule has 3 rings (SSSR count). The molecule has 0 unspecified atom stereocenters. The Hall–Kier alpha value is -2.55. The molecule has 1 saturated heterocycles. The molecule has 0 aromatic heterocycles. The lowest BCUT2D eigenvalue weighted by Crippen LogP contribution is -2.42. The van der Waals surface area contributed by atoms with Crippen LogP contribution in [0.5, 0.6) is 0 Å². The summed E-state index contributed by atoms with van der Waals surface area (Å²) in [7, 11) is 1.35. The van der Waals surface area contributed by atoms with Crippen molar-refractivity contribution in [1.82, 2.24) is 4.90 Å². The fraction of sp³-hybridized carbons (Fsp3) is 0.474. The standard InChI is InChI=1S/C19H22N2O6S/c1-26-19(25)12-6-8-21(9-7-12)16(22)11-27-17(23)10-15-18(24)20-13-4-2-3-5-14(13)28-15/h2-5,12,15H,6-11H2,1H3,(H,20,24)/t15-/m1/s1. The van der Waals surface area contributed by atoms with Crippen molar-refractivity contribution < 1.29 is 28.7 Å². The highest BCUT2D eigenvalue weighted by Crippen LogP contribution is 2.36. The molecule has 0 aliphatic carbocycles. The number of carbonyl (C=O) groups is 4. The molecule has 2 aliphatic rings. The Labute approximate surface area is 166 Å². The Balaban J connectivity index is 1.43. The van der Waals surface area contributed by atoms with Crippen LogP contribution < -0.4 is 5.32 Å². The van der Waals surface area contributed by atoms with Crippen molar-refractivity contribution in [2.75, 3.05) is 32.1 Å². The number of ether oxygens (including phenoxy) is 2. The number of esters is 2. The van der Waals surface area contributed by atoms with Crippen LogP contribution in [0.4, 0.5) is 5.69 Å². The molecule has 1 aromatic rings. The largest absolute Gasteiger partial charge is 0.469 e. The second kappa shape index (κ2) is 9.09. The number of nitrogens with zero attached hydrogens (tertiary/aromatic N) is 1. The number of hydrogen-bond acceptors (Lipinski definition) is 7. The van der Waals surface area contributed by atoms with Gasteiger partial charge in [-0.3, -0.25) is 19.2 Å². The van der Waals surface area contributed by atoms with Crippen LogP contribution >= 0.6 is 11.8 Å². The van der Waals surface area contributed by atoms with Gasteiger partial charge in [-0.1, -0.05) is 12.1 Å². The number of likely N-dealkylation sites (tertiary alicyclic amines) is 1. The van der Waals surface area contributed by atoms with E-state index in [1.807, 2.05) is 18.2 Å². The predicted octanol–water partition coefficient (Wildman–Crippen LogP) is 1.44. The van der Waals surface area contributed by atoms with Crippen molar-refractivity contribution in [3.05, 3.63) is 24.3 Å². The van der Waals surface area contributed by atoms with Gasteiger partial charge >= 0.3 is 11.9 Å². The number of amides is 2. The van der Waals surface area contributed by atoms with Gasteiger partial charge in [0, 0.05) is 18.0 Å². The van der Waals surface area contributed by atoms with Gasteiger partial charge in [0.25, 0.3) is 5.91 Å². The third-order valence-corrected chi connectivity index (χ3v) is 6.07. The monoisotopic (exact) mass is 406 g/mol. The second-order valence-electron chi connectivity index (χ2n) is 6.63. The number of carbonyl (C=O) groups excluding carboxylic acids is 4. The van der Waals surface area contributed by atoms with Crippen molar-refractivity contribution in [2.24, 2.45) is 5.92 Å². The first kappa shape index (κ1) is 20.2. The molecule has 0 radical (unpaired) electrons. The Morgan fingerprint density at radius 1 is 1.21 bits per heavy atom. The van der Waals surface area contributed by atoms with Crippen LogP contribution in [0.3, 0.4) is 0 Å². The van der Waals surface area contributed by atoms with E-state index in [0.717, 1.165) is 10.6 Å². The van der Waals surface area contributed by atoms with Gasteiger partial charge in [-0.15, -0.1) is 11.8 Å². The summed E-state index contributed by atoms with van der Waals surface area (Å²) >= 11 is 1.31. The maximum absolute atomic E-state index is 12.2. The van der Waals surface area contributed by atoms with Crippen LogP contribution in [0, 0.1) is 5.92 Å². The van der Waals surface area contributed by atoms with E-state index in [1.54, 1.807) is 11.0 Å². The number of hydrogen-bond donors (Lipinski definition) is 1. The summed E-state index contributed by atoms with van der Waals surface area (Å²) in [5.41, 5.74) is 0.729. The van der Waals surface area contributed by atoms with Gasteiger partial charge in [-0.05, 0) is 25.0 Å². The molecule has 1 N–H and O–H groups in total. The Kier molecular flexibility index (Phi) is 6.56. The molecule has 28 heavy (non-hydrogen) atoms. The molecular weight excluding hydrogens is 384 g/mol. The summed E-state index contributed by atoms with van der Waals surface area (Å²) in [6.45, 7) is 0.485. The lowest BCUT2D eigenvalue weighted by atomic mass is 9.97. The number of anilines is 1. The quantitative estimate of drug-likeness (QED) is 0.738. The Morgan fingerprint density at radius 2 is 1.93 bits per heavy atom. The van der Waals surface area contributed by atoms with Gasteiger partial charge in [0.1, 0.15) is 0 Å². The van der Waals surface area contributed by atoms with Gasteiger partial charge in [0.15, 0.2) is 6.61 Å². The van der Waals surface area contributed by atoms with Crippen LogP contribution in [0.25, 0.3) is 0 Å². The van der Waals surface area contributed by atoms with Gasteiger partial charge in [-0.2, -0.15) is 0 Å². The summed E-state index contributed by atoms with van der Waals surface area (Å²) in [6, 6.07) is 7.37. The number of para-hydroxylation sites is 1. The minimum absolute atomic E-state index is 0.109. The van der Waals surface area contributed by atoms with E-state index in [0.29, 0.717) is 25.9 Å². The molecule has 0 bridgehead atoms. The molecule has 8 nitrogen and oxygen atoms in total. The molecule has 2 amide bonds. The maximum Gasteiger partial charge on any atom is 0.308 e. The number of fused-ring (bicyclic) bond motifs is 1. The fourth-order valence-electron chi connectivity index (χ4n) is 3.20. The molecule has 0 spiro atoms. The zero-order valence-electron chi connectivity index (χ0n) is 15.5. The highest BCUT2D eigenvalue weighted by Gasteiger charge is 2.31. The minimum Gasteiger partial charge on any atom is -0.469 e. The highest BCUT2D eigenvalue weighted by atomic mass is 32.2. The van der Waals surface area contributed by atoms with E-state index in [9.17, 15) is 19.2 Å². The van der Waals surface area contributed by atoms with Crippen molar-refractivity contribution in [2.45, 2.75) is 29.4 Å².